The molecule has 1 aliphatic heterocycles. The average Bonchev–Trinajstić information content (AvgIpc) is 1.96. The van der Waals surface area contributed by atoms with Gasteiger partial charge >= 0.3 is 5.97 Å². The number of carbonyl (C=O) groups excluding carboxylic acids is 1. The summed E-state index contributed by atoms with van der Waals surface area (Å²) in [5.41, 5.74) is 0. The van der Waals surface area contributed by atoms with Crippen LogP contribution in [0.3, 0.4) is 0 Å². The van der Waals surface area contributed by atoms with Crippen molar-refractivity contribution in [2.75, 3.05) is 7.11 Å². The average molecular weight is 160 g/mol. The van der Waals surface area contributed by atoms with Gasteiger partial charge < -0.3 is 14.6 Å². The number of hydrogen-bond donors (Lipinski definition) is 1. The highest BCUT2D eigenvalue weighted by atomic mass is 16.6. The Morgan fingerprint density at radius 1 is 1.73 bits per heavy atom. The van der Waals surface area contributed by atoms with Gasteiger partial charge in [-0.2, -0.15) is 0 Å². The predicted octanol–water partition coefficient (Wildman–Crippen LogP) is -0.302. The molecule has 0 radical (unpaired) electrons. The summed E-state index contributed by atoms with van der Waals surface area (Å²) in [6.45, 7) is 1.65. The quantitative estimate of drug-likeness (QED) is 0.535. The van der Waals surface area contributed by atoms with Crippen LogP contribution >= 0.6 is 0 Å². The Labute approximate surface area is 65.1 Å². The monoisotopic (exact) mass is 160 g/mol. The summed E-state index contributed by atoms with van der Waals surface area (Å²) in [7, 11) is 1.47. The number of aliphatic hydroxyl groups is 1. The van der Waals surface area contributed by atoms with E-state index in [1.807, 2.05) is 0 Å². The molecule has 3 atom stereocenters. The maximum atomic E-state index is 10.8. The number of ether oxygens (including phenoxy) is 2. The molecule has 0 spiro atoms. The lowest BCUT2D eigenvalue weighted by Crippen LogP contribution is -2.45. The predicted molar refractivity (Wildman–Crippen MR) is 37.0 cm³/mol. The number of methoxy groups -OCH3 is 1. The van der Waals surface area contributed by atoms with Crippen LogP contribution in [0, 0.1) is 0 Å². The number of cyclic esters (lactones) is 1. The van der Waals surface area contributed by atoms with Gasteiger partial charge in [-0.3, -0.25) is 4.79 Å². The van der Waals surface area contributed by atoms with Crippen LogP contribution in [0.2, 0.25) is 0 Å². The molecule has 0 aromatic heterocycles. The molecule has 1 aliphatic rings. The van der Waals surface area contributed by atoms with Gasteiger partial charge in [0.1, 0.15) is 12.2 Å². The first kappa shape index (κ1) is 8.49. The highest BCUT2D eigenvalue weighted by Gasteiger charge is 2.34. The largest absolute Gasteiger partial charge is 0.460 e. The van der Waals surface area contributed by atoms with E-state index in [4.69, 9.17) is 9.47 Å². The third-order valence-electron chi connectivity index (χ3n) is 1.85. The van der Waals surface area contributed by atoms with Gasteiger partial charge in [0.05, 0.1) is 12.5 Å². The van der Waals surface area contributed by atoms with Crippen LogP contribution in [0.25, 0.3) is 0 Å². The molecule has 4 heteroatoms. The molecule has 0 bridgehead atoms. The molecule has 1 saturated heterocycles. The molecule has 11 heavy (non-hydrogen) atoms. The van der Waals surface area contributed by atoms with Gasteiger partial charge in [-0.25, -0.2) is 0 Å². The Hall–Kier alpha value is -0.610. The Bertz CT molecular complexity index is 157. The fourth-order valence-corrected chi connectivity index (χ4v) is 1.14. The topological polar surface area (TPSA) is 55.8 Å². The van der Waals surface area contributed by atoms with E-state index in [1.165, 1.54) is 7.11 Å². The fourth-order valence-electron chi connectivity index (χ4n) is 1.14. The molecular formula is C7H12O4. The van der Waals surface area contributed by atoms with Crippen LogP contribution in [0.4, 0.5) is 0 Å². The van der Waals surface area contributed by atoms with Crippen LogP contribution in [-0.2, 0) is 14.3 Å². The molecule has 4 nitrogen and oxygen atoms in total. The summed E-state index contributed by atoms with van der Waals surface area (Å²) in [5.74, 6) is -0.311. The summed E-state index contributed by atoms with van der Waals surface area (Å²) in [5, 5.41) is 9.35. The first-order valence-corrected chi connectivity index (χ1v) is 3.55. The van der Waals surface area contributed by atoms with E-state index in [1.54, 1.807) is 6.92 Å². The molecule has 0 aromatic carbocycles. The lowest BCUT2D eigenvalue weighted by Gasteiger charge is -2.30. The van der Waals surface area contributed by atoms with Gasteiger partial charge in [-0.05, 0) is 6.92 Å². The first-order valence-electron chi connectivity index (χ1n) is 3.55. The van der Waals surface area contributed by atoms with Crippen molar-refractivity contribution in [3.05, 3.63) is 0 Å². The molecule has 1 heterocycles. The van der Waals surface area contributed by atoms with Crippen molar-refractivity contribution < 1.29 is 19.4 Å². The van der Waals surface area contributed by atoms with Gasteiger partial charge in [-0.1, -0.05) is 0 Å². The number of carbonyl (C=O) groups is 1. The Kier molecular flexibility index (Phi) is 2.46. The lowest BCUT2D eigenvalue weighted by atomic mass is 10.0. The Morgan fingerprint density at radius 2 is 2.36 bits per heavy atom. The van der Waals surface area contributed by atoms with Gasteiger partial charge in [0.25, 0.3) is 0 Å². The number of hydrogen-bond acceptors (Lipinski definition) is 4. The van der Waals surface area contributed by atoms with Gasteiger partial charge in [0.15, 0.2) is 0 Å². The van der Waals surface area contributed by atoms with Crippen molar-refractivity contribution in [3.63, 3.8) is 0 Å². The SMILES string of the molecule is CO[C@H]1CC(=O)O[C@H](C)[C@H]1O. The van der Waals surface area contributed by atoms with Gasteiger partial charge in [-0.15, -0.1) is 0 Å². The van der Waals surface area contributed by atoms with Gasteiger partial charge in [0.2, 0.25) is 0 Å². The molecule has 0 saturated carbocycles. The van der Waals surface area contributed by atoms with Crippen molar-refractivity contribution in [1.29, 1.82) is 0 Å². The van der Waals surface area contributed by atoms with E-state index in [0.29, 0.717) is 0 Å². The van der Waals surface area contributed by atoms with Crippen LogP contribution in [-0.4, -0.2) is 36.5 Å². The maximum absolute atomic E-state index is 10.8. The minimum absolute atomic E-state index is 0.141. The third-order valence-corrected chi connectivity index (χ3v) is 1.85. The summed E-state index contributed by atoms with van der Waals surface area (Å²) in [6, 6.07) is 0. The minimum atomic E-state index is -0.697. The number of aliphatic hydroxyl groups excluding tert-OH is 1. The third kappa shape index (κ3) is 1.70. The smallest absolute Gasteiger partial charge is 0.308 e. The fraction of sp³-hybridized carbons (Fsp3) is 0.857. The van der Waals surface area contributed by atoms with Crippen molar-refractivity contribution in [2.45, 2.75) is 31.7 Å². The van der Waals surface area contributed by atoms with E-state index < -0.39 is 18.3 Å². The molecule has 64 valence electrons. The minimum Gasteiger partial charge on any atom is -0.460 e. The second kappa shape index (κ2) is 3.19. The van der Waals surface area contributed by atoms with Crippen LogP contribution in [0.15, 0.2) is 0 Å². The van der Waals surface area contributed by atoms with E-state index in [0.717, 1.165) is 0 Å². The van der Waals surface area contributed by atoms with Crippen LogP contribution in [0.1, 0.15) is 13.3 Å². The maximum Gasteiger partial charge on any atom is 0.308 e. The zero-order valence-electron chi connectivity index (χ0n) is 6.61. The van der Waals surface area contributed by atoms with E-state index in [2.05, 4.69) is 0 Å². The second-order valence-electron chi connectivity index (χ2n) is 2.66. The normalized spacial score (nSPS) is 38.5. The zero-order valence-corrected chi connectivity index (χ0v) is 6.61. The highest BCUT2D eigenvalue weighted by molar-refractivity contribution is 5.71. The Morgan fingerprint density at radius 3 is 2.91 bits per heavy atom. The summed E-state index contributed by atoms with van der Waals surface area (Å²) >= 11 is 0. The molecule has 0 amide bonds. The second-order valence-corrected chi connectivity index (χ2v) is 2.66. The highest BCUT2D eigenvalue weighted by Crippen LogP contribution is 2.17. The lowest BCUT2D eigenvalue weighted by molar-refractivity contribution is -0.178. The molecule has 0 aliphatic carbocycles. The van der Waals surface area contributed by atoms with Crippen molar-refractivity contribution in [2.24, 2.45) is 0 Å². The Balaban J connectivity index is 2.58. The van der Waals surface area contributed by atoms with E-state index in [-0.39, 0.29) is 12.4 Å². The number of esters is 1. The molecule has 0 unspecified atom stereocenters. The summed E-state index contributed by atoms with van der Waals surface area (Å²) < 4.78 is 9.65. The van der Waals surface area contributed by atoms with E-state index >= 15 is 0 Å². The molecule has 1 N–H and O–H groups in total. The summed E-state index contributed by atoms with van der Waals surface area (Å²) in [6.07, 6.45) is -1.42. The molecule has 1 fully saturated rings. The molecule has 0 aromatic rings. The van der Waals surface area contributed by atoms with Crippen molar-refractivity contribution in [1.82, 2.24) is 0 Å². The molecule has 1 rings (SSSR count). The van der Waals surface area contributed by atoms with Crippen molar-refractivity contribution in [3.8, 4) is 0 Å². The standard InChI is InChI=1S/C7H12O4/c1-4-7(9)5(10-2)3-6(8)11-4/h4-5,7,9H,3H2,1-2H3/t4-,5+,7-/m1/s1. The van der Waals surface area contributed by atoms with Gasteiger partial charge in [0, 0.05) is 7.11 Å². The van der Waals surface area contributed by atoms with Crippen LogP contribution in [0.5, 0.6) is 0 Å². The summed E-state index contributed by atoms with van der Waals surface area (Å²) in [4.78, 5) is 10.8. The van der Waals surface area contributed by atoms with Crippen molar-refractivity contribution >= 4 is 5.97 Å². The first-order chi connectivity index (χ1) is 5.15. The van der Waals surface area contributed by atoms with E-state index in [9.17, 15) is 9.90 Å². The number of rotatable bonds is 1. The van der Waals surface area contributed by atoms with Crippen LogP contribution < -0.4 is 0 Å². The molecular weight excluding hydrogens is 148 g/mol. The zero-order chi connectivity index (χ0) is 8.43.